The van der Waals surface area contributed by atoms with Gasteiger partial charge < -0.3 is 19.2 Å². The minimum atomic E-state index is -0.403. The van der Waals surface area contributed by atoms with E-state index in [0.29, 0.717) is 24.6 Å². The van der Waals surface area contributed by atoms with Gasteiger partial charge in [-0.2, -0.15) is 0 Å². The minimum Gasteiger partial charge on any atom is -0.493 e. The van der Waals surface area contributed by atoms with E-state index in [0.717, 1.165) is 48.9 Å². The van der Waals surface area contributed by atoms with E-state index in [2.05, 4.69) is 33.0 Å². The van der Waals surface area contributed by atoms with Crippen LogP contribution in [0.4, 0.5) is 0 Å². The van der Waals surface area contributed by atoms with Gasteiger partial charge in [-0.1, -0.05) is 19.4 Å². The highest BCUT2D eigenvalue weighted by Gasteiger charge is 2.23. The molecule has 0 bridgehead atoms. The van der Waals surface area contributed by atoms with Crippen LogP contribution in [-0.4, -0.2) is 31.3 Å². The van der Waals surface area contributed by atoms with Gasteiger partial charge in [-0.15, -0.1) is 0 Å². The van der Waals surface area contributed by atoms with E-state index >= 15 is 0 Å². The fraction of sp³-hybridized carbons (Fsp3) is 0.591. The number of nitrogens with one attached hydrogen (secondary N) is 1. The van der Waals surface area contributed by atoms with Crippen molar-refractivity contribution >= 4 is 16.9 Å². The molecule has 5 heteroatoms. The van der Waals surface area contributed by atoms with Crippen molar-refractivity contribution in [3.05, 3.63) is 29.5 Å². The van der Waals surface area contributed by atoms with Crippen LogP contribution in [0, 0.1) is 0 Å². The van der Waals surface area contributed by atoms with E-state index in [1.54, 1.807) is 6.92 Å². The van der Waals surface area contributed by atoms with Crippen molar-refractivity contribution in [2.45, 2.75) is 65.8 Å². The number of carbonyl (C=O) groups excluding carboxylic acids is 1. The summed E-state index contributed by atoms with van der Waals surface area (Å²) >= 11 is 0. The Morgan fingerprint density at radius 3 is 2.63 bits per heavy atom. The molecule has 27 heavy (non-hydrogen) atoms. The first-order valence-electron chi connectivity index (χ1n) is 9.96. The fourth-order valence-corrected chi connectivity index (χ4v) is 2.97. The number of fused-ring (bicyclic) bond motifs is 1. The summed E-state index contributed by atoms with van der Waals surface area (Å²) < 4.78 is 17.1. The Hall–Kier alpha value is -2.01. The monoisotopic (exact) mass is 375 g/mol. The average Bonchev–Trinajstić information content (AvgIpc) is 2.98. The number of carbonyl (C=O) groups is 1. The Kier molecular flexibility index (Phi) is 7.72. The van der Waals surface area contributed by atoms with Crippen LogP contribution >= 0.6 is 0 Å². The largest absolute Gasteiger partial charge is 0.493 e. The third-order valence-corrected chi connectivity index (χ3v) is 4.25. The maximum absolute atomic E-state index is 12.3. The molecule has 0 spiro atoms. The molecule has 2 aromatic rings. The lowest BCUT2D eigenvalue weighted by Crippen LogP contribution is -2.36. The summed E-state index contributed by atoms with van der Waals surface area (Å²) in [5, 5.41) is 4.36. The molecule has 1 heterocycles. The second-order valence-electron chi connectivity index (χ2n) is 7.74. The van der Waals surface area contributed by atoms with E-state index in [9.17, 15) is 4.79 Å². The molecule has 0 amide bonds. The SMILES string of the molecule is CCCCc1c(C(=O)OCC)oc2cccc(OCCCNC(C)(C)C)c12. The van der Waals surface area contributed by atoms with E-state index in [4.69, 9.17) is 13.9 Å². The smallest absolute Gasteiger partial charge is 0.374 e. The molecule has 150 valence electrons. The molecule has 1 aromatic carbocycles. The van der Waals surface area contributed by atoms with Crippen molar-refractivity contribution in [3.63, 3.8) is 0 Å². The standard InChI is InChI=1S/C22H33NO4/c1-6-8-11-16-19-17(26-15-10-14-23-22(3,4)5)12-9-13-18(19)27-20(16)21(24)25-7-2/h9,12-13,23H,6-8,10-11,14-15H2,1-5H3. The Labute approximate surface area is 162 Å². The molecule has 1 N–H and O–H groups in total. The summed E-state index contributed by atoms with van der Waals surface area (Å²) in [4.78, 5) is 12.3. The van der Waals surface area contributed by atoms with E-state index in [1.807, 2.05) is 18.2 Å². The van der Waals surface area contributed by atoms with Gasteiger partial charge in [-0.05, 0) is 65.6 Å². The molecule has 0 aliphatic rings. The Morgan fingerprint density at radius 2 is 1.96 bits per heavy atom. The summed E-state index contributed by atoms with van der Waals surface area (Å²) in [5.74, 6) is 0.680. The van der Waals surface area contributed by atoms with Crippen molar-refractivity contribution in [1.82, 2.24) is 5.32 Å². The fourth-order valence-electron chi connectivity index (χ4n) is 2.97. The number of hydrogen-bond donors (Lipinski definition) is 1. The topological polar surface area (TPSA) is 60.7 Å². The highest BCUT2D eigenvalue weighted by Crippen LogP contribution is 2.35. The Bertz CT molecular complexity index is 743. The van der Waals surface area contributed by atoms with Gasteiger partial charge in [0, 0.05) is 11.1 Å². The molecule has 0 saturated carbocycles. The lowest BCUT2D eigenvalue weighted by Gasteiger charge is -2.20. The predicted octanol–water partition coefficient (Wildman–Crippen LogP) is 5.11. The van der Waals surface area contributed by atoms with Crippen LogP contribution in [0.3, 0.4) is 0 Å². The number of furan rings is 1. The molecule has 0 saturated heterocycles. The molecular formula is C22H33NO4. The number of ether oxygens (including phenoxy) is 2. The lowest BCUT2D eigenvalue weighted by molar-refractivity contribution is 0.0491. The Balaban J connectivity index is 2.22. The highest BCUT2D eigenvalue weighted by molar-refractivity contribution is 5.98. The number of unbranched alkanes of at least 4 members (excludes halogenated alkanes) is 1. The Morgan fingerprint density at radius 1 is 1.19 bits per heavy atom. The molecule has 0 aliphatic heterocycles. The summed E-state index contributed by atoms with van der Waals surface area (Å²) in [5.41, 5.74) is 1.68. The zero-order valence-electron chi connectivity index (χ0n) is 17.3. The molecule has 0 unspecified atom stereocenters. The van der Waals surface area contributed by atoms with E-state index in [1.165, 1.54) is 0 Å². The minimum absolute atomic E-state index is 0.104. The van der Waals surface area contributed by atoms with Crippen LogP contribution in [-0.2, 0) is 11.2 Å². The van der Waals surface area contributed by atoms with Gasteiger partial charge in [0.05, 0.1) is 18.6 Å². The van der Waals surface area contributed by atoms with Crippen molar-refractivity contribution in [1.29, 1.82) is 0 Å². The first-order valence-corrected chi connectivity index (χ1v) is 9.96. The number of benzene rings is 1. The van der Waals surface area contributed by atoms with E-state index in [-0.39, 0.29) is 5.54 Å². The van der Waals surface area contributed by atoms with Gasteiger partial charge in [-0.25, -0.2) is 4.79 Å². The van der Waals surface area contributed by atoms with Crippen LogP contribution < -0.4 is 10.1 Å². The predicted molar refractivity (Wildman–Crippen MR) is 109 cm³/mol. The molecule has 1 aromatic heterocycles. The maximum Gasteiger partial charge on any atom is 0.374 e. The van der Waals surface area contributed by atoms with E-state index < -0.39 is 5.97 Å². The molecular weight excluding hydrogens is 342 g/mol. The number of rotatable bonds is 10. The normalized spacial score (nSPS) is 11.7. The zero-order valence-corrected chi connectivity index (χ0v) is 17.3. The van der Waals surface area contributed by atoms with Crippen LogP contribution in [0.2, 0.25) is 0 Å². The van der Waals surface area contributed by atoms with Crippen molar-refractivity contribution in [2.75, 3.05) is 19.8 Å². The van der Waals surface area contributed by atoms with Gasteiger partial charge in [0.1, 0.15) is 11.3 Å². The maximum atomic E-state index is 12.3. The van der Waals surface area contributed by atoms with Crippen molar-refractivity contribution in [2.24, 2.45) is 0 Å². The number of hydrogen-bond acceptors (Lipinski definition) is 5. The third kappa shape index (κ3) is 5.99. The van der Waals surface area contributed by atoms with Crippen LogP contribution in [0.5, 0.6) is 5.75 Å². The van der Waals surface area contributed by atoms with Crippen molar-refractivity contribution in [3.8, 4) is 5.75 Å². The quantitative estimate of drug-likeness (QED) is 0.462. The van der Waals surface area contributed by atoms with Crippen molar-refractivity contribution < 1.29 is 18.7 Å². The molecule has 5 nitrogen and oxygen atoms in total. The zero-order chi connectivity index (χ0) is 19.9. The number of esters is 1. The first-order chi connectivity index (χ1) is 12.9. The lowest BCUT2D eigenvalue weighted by atomic mass is 10.0. The molecule has 0 fully saturated rings. The van der Waals surface area contributed by atoms with Gasteiger partial charge in [0.25, 0.3) is 0 Å². The second kappa shape index (κ2) is 9.79. The second-order valence-corrected chi connectivity index (χ2v) is 7.74. The summed E-state index contributed by atoms with van der Waals surface area (Å²) in [7, 11) is 0. The highest BCUT2D eigenvalue weighted by atomic mass is 16.5. The number of aryl methyl sites for hydroxylation is 1. The van der Waals surface area contributed by atoms with Gasteiger partial charge in [-0.3, -0.25) is 0 Å². The molecule has 0 radical (unpaired) electrons. The van der Waals surface area contributed by atoms with Crippen LogP contribution in [0.25, 0.3) is 11.0 Å². The average molecular weight is 376 g/mol. The molecule has 0 atom stereocenters. The molecule has 0 aliphatic carbocycles. The summed E-state index contributed by atoms with van der Waals surface area (Å²) in [6, 6.07) is 5.72. The third-order valence-electron chi connectivity index (χ3n) is 4.25. The van der Waals surface area contributed by atoms with Crippen LogP contribution in [0.1, 0.15) is 70.0 Å². The first kappa shape index (κ1) is 21.3. The van der Waals surface area contributed by atoms with Gasteiger partial charge in [0.15, 0.2) is 0 Å². The van der Waals surface area contributed by atoms with Crippen LogP contribution in [0.15, 0.2) is 22.6 Å². The summed E-state index contributed by atoms with van der Waals surface area (Å²) in [6.07, 6.45) is 3.69. The van der Waals surface area contributed by atoms with Gasteiger partial charge >= 0.3 is 5.97 Å². The molecule has 2 rings (SSSR count). The van der Waals surface area contributed by atoms with Gasteiger partial charge in [0.2, 0.25) is 5.76 Å². The summed E-state index contributed by atoms with van der Waals surface area (Å²) in [6.45, 7) is 12.2.